The zero-order chi connectivity index (χ0) is 10.5. The van der Waals surface area contributed by atoms with E-state index in [4.69, 9.17) is 10.4 Å². The van der Waals surface area contributed by atoms with Crippen molar-refractivity contribution in [3.63, 3.8) is 0 Å². The molecule has 0 spiro atoms. The van der Waals surface area contributed by atoms with Gasteiger partial charge in [-0.25, -0.2) is 0 Å². The third kappa shape index (κ3) is 2.27. The summed E-state index contributed by atoms with van der Waals surface area (Å²) in [5.74, 6) is 0. The maximum absolute atomic E-state index is 8.17. The van der Waals surface area contributed by atoms with Crippen LogP contribution in [0.5, 0.6) is 0 Å². The molecule has 1 unspecified atom stereocenters. The first-order chi connectivity index (χ1) is 7.40. The molecule has 2 rings (SSSR count). The van der Waals surface area contributed by atoms with Crippen LogP contribution in [0.3, 0.4) is 0 Å². The zero-order valence-electron chi connectivity index (χ0n) is 8.08. The van der Waals surface area contributed by atoms with Gasteiger partial charge in [0.25, 0.3) is 0 Å². The van der Waals surface area contributed by atoms with Gasteiger partial charge in [-0.3, -0.25) is 0 Å². The Hall–Kier alpha value is -2.00. The molecule has 5 nitrogen and oxygen atoms in total. The van der Waals surface area contributed by atoms with E-state index < -0.39 is 0 Å². The predicted molar refractivity (Wildman–Crippen MR) is 56.5 cm³/mol. The lowest BCUT2D eigenvalue weighted by atomic mass is 10.1. The Morgan fingerprint density at radius 2 is 2.27 bits per heavy atom. The summed E-state index contributed by atoms with van der Waals surface area (Å²) in [4.78, 5) is 7.84. The van der Waals surface area contributed by atoms with Crippen molar-refractivity contribution in [1.82, 2.24) is 0 Å². The molecule has 0 amide bonds. The first-order valence-corrected chi connectivity index (χ1v) is 4.69. The van der Waals surface area contributed by atoms with Crippen LogP contribution in [0.25, 0.3) is 10.4 Å². The van der Waals surface area contributed by atoms with E-state index >= 15 is 0 Å². The minimum atomic E-state index is -0.115. The van der Waals surface area contributed by atoms with Crippen molar-refractivity contribution in [2.75, 3.05) is 6.54 Å². The largest absolute Gasteiger partial charge is 0.392 e. The van der Waals surface area contributed by atoms with E-state index in [9.17, 15) is 0 Å². The van der Waals surface area contributed by atoms with Crippen molar-refractivity contribution in [3.8, 4) is 0 Å². The monoisotopic (exact) mass is 202 g/mol. The molecule has 0 fully saturated rings. The van der Waals surface area contributed by atoms with Gasteiger partial charge in [0.15, 0.2) is 0 Å². The van der Waals surface area contributed by atoms with Gasteiger partial charge in [0.05, 0.1) is 12.3 Å². The third-order valence-electron chi connectivity index (χ3n) is 2.19. The van der Waals surface area contributed by atoms with Gasteiger partial charge in [-0.05, 0) is 11.1 Å². The summed E-state index contributed by atoms with van der Waals surface area (Å²) in [6, 6.07) is 9.84. The second kappa shape index (κ2) is 4.48. The highest BCUT2D eigenvalue weighted by molar-refractivity contribution is 6.01. The summed E-state index contributed by atoms with van der Waals surface area (Å²) < 4.78 is 0. The van der Waals surface area contributed by atoms with Crippen LogP contribution in [0.1, 0.15) is 12.0 Å². The van der Waals surface area contributed by atoms with Crippen LogP contribution in [0.2, 0.25) is 0 Å². The lowest BCUT2D eigenvalue weighted by Crippen LogP contribution is -2.11. The lowest BCUT2D eigenvalue weighted by molar-refractivity contribution is 0.0919. The quantitative estimate of drug-likeness (QED) is 0.421. The van der Waals surface area contributed by atoms with E-state index in [0.717, 1.165) is 11.3 Å². The smallest absolute Gasteiger partial charge is 0.138 e. The van der Waals surface area contributed by atoms with E-state index in [-0.39, 0.29) is 6.10 Å². The summed E-state index contributed by atoms with van der Waals surface area (Å²) >= 11 is 0. The number of hydrogen-bond acceptors (Lipinski definition) is 3. The molecule has 1 aromatic carbocycles. The van der Waals surface area contributed by atoms with Gasteiger partial charge in [0, 0.05) is 11.3 Å². The topological polar surface area (TPSA) is 70.4 Å². The fourth-order valence-electron chi connectivity index (χ4n) is 1.45. The Morgan fingerprint density at radius 3 is 3.00 bits per heavy atom. The van der Waals surface area contributed by atoms with E-state index in [0.29, 0.717) is 13.0 Å². The molecule has 0 aromatic heterocycles. The van der Waals surface area contributed by atoms with Gasteiger partial charge in [0.1, 0.15) is 6.10 Å². The standard InChI is InChI=1S/C10H10N4O/c11-14-12-7-9-6-10(13-15-9)8-4-2-1-3-5-8/h1-5,9H,6-7H2. The molecular formula is C10H10N4O. The van der Waals surface area contributed by atoms with Crippen molar-refractivity contribution >= 4 is 5.71 Å². The Kier molecular flexibility index (Phi) is 2.85. The van der Waals surface area contributed by atoms with Crippen molar-refractivity contribution < 1.29 is 4.84 Å². The fourth-order valence-corrected chi connectivity index (χ4v) is 1.45. The Labute approximate surface area is 87.0 Å². The third-order valence-corrected chi connectivity index (χ3v) is 2.19. The minimum absolute atomic E-state index is 0.115. The average Bonchev–Trinajstić information content (AvgIpc) is 2.76. The van der Waals surface area contributed by atoms with Gasteiger partial charge < -0.3 is 4.84 Å². The molecular weight excluding hydrogens is 192 g/mol. The van der Waals surface area contributed by atoms with Crippen molar-refractivity contribution in [1.29, 1.82) is 0 Å². The summed E-state index contributed by atoms with van der Waals surface area (Å²) in [5.41, 5.74) is 10.1. The molecule has 0 saturated carbocycles. The highest BCUT2D eigenvalue weighted by atomic mass is 16.6. The summed E-state index contributed by atoms with van der Waals surface area (Å²) in [6.07, 6.45) is 0.583. The van der Waals surface area contributed by atoms with Gasteiger partial charge in [-0.15, -0.1) is 0 Å². The van der Waals surface area contributed by atoms with Crippen LogP contribution in [-0.4, -0.2) is 18.4 Å². The maximum atomic E-state index is 8.17. The summed E-state index contributed by atoms with van der Waals surface area (Å²) in [7, 11) is 0. The van der Waals surface area contributed by atoms with Crippen molar-refractivity contribution in [2.24, 2.45) is 10.3 Å². The maximum Gasteiger partial charge on any atom is 0.138 e. The zero-order valence-corrected chi connectivity index (χ0v) is 8.08. The molecule has 0 saturated heterocycles. The number of oxime groups is 1. The van der Waals surface area contributed by atoms with E-state index in [1.54, 1.807) is 0 Å². The van der Waals surface area contributed by atoms with E-state index in [1.165, 1.54) is 0 Å². The predicted octanol–water partition coefficient (Wildman–Crippen LogP) is 2.49. The second-order valence-electron chi connectivity index (χ2n) is 3.25. The molecule has 1 heterocycles. The van der Waals surface area contributed by atoms with Gasteiger partial charge >= 0.3 is 0 Å². The van der Waals surface area contributed by atoms with E-state index in [2.05, 4.69) is 15.2 Å². The molecule has 1 aromatic rings. The first-order valence-electron chi connectivity index (χ1n) is 4.69. The van der Waals surface area contributed by atoms with Crippen LogP contribution >= 0.6 is 0 Å². The summed E-state index contributed by atoms with van der Waals surface area (Å²) in [5, 5.41) is 7.44. The Balaban J connectivity index is 2.01. The normalized spacial score (nSPS) is 18.9. The van der Waals surface area contributed by atoms with Crippen molar-refractivity contribution in [2.45, 2.75) is 12.5 Å². The lowest BCUT2D eigenvalue weighted by Gasteiger charge is -2.01. The highest BCUT2D eigenvalue weighted by Crippen LogP contribution is 2.16. The van der Waals surface area contributed by atoms with Crippen LogP contribution < -0.4 is 0 Å². The molecule has 0 N–H and O–H groups in total. The fraction of sp³-hybridized carbons (Fsp3) is 0.300. The molecule has 0 radical (unpaired) electrons. The minimum Gasteiger partial charge on any atom is -0.392 e. The van der Waals surface area contributed by atoms with Gasteiger partial charge in [-0.1, -0.05) is 40.6 Å². The number of nitrogens with zero attached hydrogens (tertiary/aromatic N) is 4. The molecule has 1 aliphatic rings. The van der Waals surface area contributed by atoms with Crippen LogP contribution in [0.15, 0.2) is 40.6 Å². The summed E-state index contributed by atoms with van der Waals surface area (Å²) in [6.45, 7) is 0.330. The Morgan fingerprint density at radius 1 is 1.47 bits per heavy atom. The molecule has 5 heteroatoms. The number of azide groups is 1. The molecule has 1 atom stereocenters. The Bertz CT molecular complexity index is 409. The van der Waals surface area contributed by atoms with Gasteiger partial charge in [-0.2, -0.15) is 0 Å². The highest BCUT2D eigenvalue weighted by Gasteiger charge is 2.20. The number of hydrogen-bond donors (Lipinski definition) is 0. The first kappa shape index (κ1) is 9.55. The van der Waals surface area contributed by atoms with Crippen molar-refractivity contribution in [3.05, 3.63) is 46.3 Å². The number of benzene rings is 1. The van der Waals surface area contributed by atoms with Crippen LogP contribution in [0, 0.1) is 0 Å². The number of rotatable bonds is 3. The van der Waals surface area contributed by atoms with Gasteiger partial charge in [0.2, 0.25) is 0 Å². The molecule has 76 valence electrons. The average molecular weight is 202 g/mol. The molecule has 15 heavy (non-hydrogen) atoms. The molecule has 1 aliphatic heterocycles. The van der Waals surface area contributed by atoms with Crippen LogP contribution in [-0.2, 0) is 4.84 Å². The van der Waals surface area contributed by atoms with Crippen LogP contribution in [0.4, 0.5) is 0 Å². The molecule has 0 aliphatic carbocycles. The van der Waals surface area contributed by atoms with E-state index in [1.807, 2.05) is 30.3 Å². The second-order valence-corrected chi connectivity index (χ2v) is 3.25. The molecule has 0 bridgehead atoms. The SMILES string of the molecule is [N-]=[N+]=NCC1CC(c2ccccc2)=NO1.